The fourth-order valence-corrected chi connectivity index (χ4v) is 2.84. The van der Waals surface area contributed by atoms with Crippen molar-refractivity contribution in [3.63, 3.8) is 0 Å². The van der Waals surface area contributed by atoms with Gasteiger partial charge in [-0.1, -0.05) is 12.1 Å². The van der Waals surface area contributed by atoms with E-state index in [1.807, 2.05) is 0 Å². The first kappa shape index (κ1) is 18.3. The van der Waals surface area contributed by atoms with Crippen molar-refractivity contribution in [2.24, 2.45) is 5.10 Å². The van der Waals surface area contributed by atoms with E-state index in [4.69, 9.17) is 15.1 Å². The van der Waals surface area contributed by atoms with E-state index in [1.165, 1.54) is 12.4 Å². The van der Waals surface area contributed by atoms with Crippen LogP contribution in [0, 0.1) is 16.7 Å². The van der Waals surface area contributed by atoms with Gasteiger partial charge in [0.05, 0.1) is 24.0 Å². The highest BCUT2D eigenvalue weighted by Crippen LogP contribution is 2.21. The summed E-state index contributed by atoms with van der Waals surface area (Å²) in [6.07, 6.45) is 4.68. The summed E-state index contributed by atoms with van der Waals surface area (Å²) in [5.74, 6) is 0.0531. The molecule has 4 N–H and O–H groups in total. The zero-order chi connectivity index (χ0) is 19.1. The van der Waals surface area contributed by atoms with Gasteiger partial charge in [0.1, 0.15) is 0 Å². The number of nitrogens with one attached hydrogen (secondary N) is 4. The van der Waals surface area contributed by atoms with Crippen LogP contribution in [0.25, 0.3) is 11.3 Å². The molecule has 1 fully saturated rings. The predicted molar refractivity (Wildman–Crippen MR) is 99.6 cm³/mol. The molecule has 0 unspecified atom stereocenters. The van der Waals surface area contributed by atoms with Gasteiger partial charge in [-0.25, -0.2) is 4.98 Å². The summed E-state index contributed by atoms with van der Waals surface area (Å²) in [6.45, 7) is 1.25. The van der Waals surface area contributed by atoms with Crippen LogP contribution in [0.4, 0.5) is 0 Å². The van der Waals surface area contributed by atoms with E-state index in [-0.39, 0.29) is 23.9 Å². The maximum atomic E-state index is 12.4. The van der Waals surface area contributed by atoms with Crippen molar-refractivity contribution in [2.45, 2.75) is 18.5 Å². The van der Waals surface area contributed by atoms with Gasteiger partial charge in [0.2, 0.25) is 0 Å². The van der Waals surface area contributed by atoms with E-state index < -0.39 is 0 Å². The van der Waals surface area contributed by atoms with Gasteiger partial charge in [-0.15, -0.1) is 0 Å². The van der Waals surface area contributed by atoms with Crippen molar-refractivity contribution < 1.29 is 9.21 Å². The molecule has 1 aromatic heterocycles. The molecule has 27 heavy (non-hydrogen) atoms. The van der Waals surface area contributed by atoms with Crippen molar-refractivity contribution >= 4 is 18.3 Å². The number of carbonyl (C=O) groups excluding carboxylic acids is 1. The Morgan fingerprint density at radius 3 is 3.26 bits per heavy atom. The Kier molecular flexibility index (Phi) is 5.91. The number of aromatic nitrogens is 1. The quantitative estimate of drug-likeness (QED) is 0.425. The van der Waals surface area contributed by atoms with Crippen LogP contribution >= 0.6 is 0 Å². The Bertz CT molecular complexity index is 884. The molecule has 2 aromatic rings. The van der Waals surface area contributed by atoms with Crippen molar-refractivity contribution in [3.8, 4) is 17.4 Å². The molecule has 2 atom stereocenters. The average molecular weight is 365 g/mol. The molecule has 0 saturated carbocycles. The van der Waals surface area contributed by atoms with Crippen LogP contribution in [-0.2, 0) is 0 Å². The molecule has 0 bridgehead atoms. The molecular formula is C18H19N7O2. The highest BCUT2D eigenvalue weighted by Gasteiger charge is 2.26. The molecule has 1 aromatic carbocycles. The summed E-state index contributed by atoms with van der Waals surface area (Å²) < 4.78 is 5.55. The summed E-state index contributed by atoms with van der Waals surface area (Å²) in [7, 11) is 0. The van der Waals surface area contributed by atoms with E-state index in [9.17, 15) is 4.79 Å². The number of oxazole rings is 1. The molecule has 1 saturated heterocycles. The third-order valence-electron chi connectivity index (χ3n) is 4.11. The molecule has 1 aliphatic rings. The minimum Gasteiger partial charge on any atom is -0.432 e. The van der Waals surface area contributed by atoms with Gasteiger partial charge in [0, 0.05) is 37.0 Å². The summed E-state index contributed by atoms with van der Waals surface area (Å²) in [4.78, 5) is 16.4. The topological polar surface area (TPSA) is 139 Å². The number of hydrazone groups is 1. The lowest BCUT2D eigenvalue weighted by Crippen LogP contribution is -2.36. The Morgan fingerprint density at radius 2 is 2.44 bits per heavy atom. The third-order valence-corrected chi connectivity index (χ3v) is 4.11. The maximum absolute atomic E-state index is 12.4. The number of rotatable bonds is 7. The predicted octanol–water partition coefficient (Wildman–Crippen LogP) is 0.899. The van der Waals surface area contributed by atoms with Gasteiger partial charge in [-0.2, -0.15) is 10.4 Å². The molecule has 0 aliphatic carbocycles. The maximum Gasteiger partial charge on any atom is 0.307 e. The van der Waals surface area contributed by atoms with Crippen LogP contribution in [0.5, 0.6) is 0 Å². The number of nitriles is 1. The Morgan fingerprint density at radius 1 is 1.56 bits per heavy atom. The van der Waals surface area contributed by atoms with Crippen LogP contribution in [0.15, 0.2) is 40.0 Å². The van der Waals surface area contributed by atoms with Crippen LogP contribution < -0.4 is 16.1 Å². The van der Waals surface area contributed by atoms with E-state index in [0.717, 1.165) is 12.6 Å². The van der Waals surface area contributed by atoms with Gasteiger partial charge in [-0.05, 0) is 18.6 Å². The first-order valence-electron chi connectivity index (χ1n) is 8.45. The third kappa shape index (κ3) is 4.77. The van der Waals surface area contributed by atoms with E-state index in [0.29, 0.717) is 30.0 Å². The van der Waals surface area contributed by atoms with E-state index >= 15 is 0 Å². The number of hydrogen-bond donors (Lipinski definition) is 4. The summed E-state index contributed by atoms with van der Waals surface area (Å²) in [5, 5.41) is 25.9. The number of amides is 1. The highest BCUT2D eigenvalue weighted by atomic mass is 16.4. The Labute approximate surface area is 156 Å². The second-order valence-electron chi connectivity index (χ2n) is 6.04. The summed E-state index contributed by atoms with van der Waals surface area (Å²) in [6, 6.07) is 9.13. The first-order chi connectivity index (χ1) is 13.2. The fraction of sp³-hybridized carbons (Fsp3) is 0.278. The SMILES string of the molecule is N#Cc1cccc(-c2cnc(C(=O)N[C@H]3CN[C@H](CN/N=C\C=N)C3)o2)c1. The molecule has 1 aliphatic heterocycles. The Hall–Kier alpha value is -3.51. The van der Waals surface area contributed by atoms with Crippen LogP contribution in [0.3, 0.4) is 0 Å². The van der Waals surface area contributed by atoms with Gasteiger partial charge >= 0.3 is 5.91 Å². The minimum absolute atomic E-state index is 0.00970. The van der Waals surface area contributed by atoms with Gasteiger partial charge in [0.15, 0.2) is 5.76 Å². The van der Waals surface area contributed by atoms with Crippen LogP contribution in [0.1, 0.15) is 22.7 Å². The fourth-order valence-electron chi connectivity index (χ4n) is 2.84. The van der Waals surface area contributed by atoms with Crippen molar-refractivity contribution in [3.05, 3.63) is 41.9 Å². The van der Waals surface area contributed by atoms with Crippen molar-refractivity contribution in [1.29, 1.82) is 10.7 Å². The first-order valence-corrected chi connectivity index (χ1v) is 8.45. The highest BCUT2D eigenvalue weighted by molar-refractivity contribution is 6.14. The minimum atomic E-state index is -0.375. The molecule has 0 spiro atoms. The van der Waals surface area contributed by atoms with Crippen molar-refractivity contribution in [1.82, 2.24) is 21.0 Å². The second-order valence-corrected chi connectivity index (χ2v) is 6.04. The Balaban J connectivity index is 1.55. The van der Waals surface area contributed by atoms with Crippen molar-refractivity contribution in [2.75, 3.05) is 13.1 Å². The molecule has 2 heterocycles. The van der Waals surface area contributed by atoms with E-state index in [2.05, 4.69) is 32.2 Å². The standard InChI is InChI=1S/C18H19N7O2/c19-4-5-23-24-10-14-7-15(9-21-14)25-17(26)18-22-11-16(27-18)13-3-1-2-12(6-13)8-20/h1-6,11,14-15,19,21,24H,7,9-10H2,(H,25,26)/b19-4?,23-5-/t14-,15+/m0/s1. The molecule has 9 nitrogen and oxygen atoms in total. The molecule has 138 valence electrons. The molecule has 0 radical (unpaired) electrons. The lowest BCUT2D eigenvalue weighted by molar-refractivity contribution is 0.0905. The number of nitrogens with zero attached hydrogens (tertiary/aromatic N) is 3. The normalized spacial score (nSPS) is 18.9. The monoisotopic (exact) mass is 365 g/mol. The number of carbonyl (C=O) groups is 1. The zero-order valence-electron chi connectivity index (χ0n) is 14.5. The summed E-state index contributed by atoms with van der Waals surface area (Å²) >= 11 is 0. The molecular weight excluding hydrogens is 346 g/mol. The van der Waals surface area contributed by atoms with Gasteiger partial charge in [0.25, 0.3) is 5.89 Å². The zero-order valence-corrected chi connectivity index (χ0v) is 14.5. The number of hydrogen-bond acceptors (Lipinski definition) is 8. The number of benzene rings is 1. The van der Waals surface area contributed by atoms with Crippen LogP contribution in [-0.4, -0.2) is 48.5 Å². The van der Waals surface area contributed by atoms with Crippen LogP contribution in [0.2, 0.25) is 0 Å². The molecule has 1 amide bonds. The lowest BCUT2D eigenvalue weighted by Gasteiger charge is -2.11. The molecule has 3 rings (SSSR count). The van der Waals surface area contributed by atoms with Gasteiger partial charge < -0.3 is 25.9 Å². The lowest BCUT2D eigenvalue weighted by atomic mass is 10.1. The van der Waals surface area contributed by atoms with E-state index in [1.54, 1.807) is 24.3 Å². The smallest absolute Gasteiger partial charge is 0.307 e. The summed E-state index contributed by atoms with van der Waals surface area (Å²) in [5.41, 5.74) is 4.06. The largest absolute Gasteiger partial charge is 0.432 e. The average Bonchev–Trinajstić information content (AvgIpc) is 3.35. The van der Waals surface area contributed by atoms with Gasteiger partial charge in [-0.3, -0.25) is 4.79 Å². The second kappa shape index (κ2) is 8.73. The molecule has 9 heteroatoms.